The molecule has 3 rings (SSSR count). The number of benzene rings is 2. The quantitative estimate of drug-likeness (QED) is 0.595. The van der Waals surface area contributed by atoms with Crippen LogP contribution >= 0.6 is 23.2 Å². The van der Waals surface area contributed by atoms with Crippen molar-refractivity contribution in [1.29, 1.82) is 0 Å². The van der Waals surface area contributed by atoms with Gasteiger partial charge in [-0.2, -0.15) is 0 Å². The molecule has 0 aliphatic heterocycles. The van der Waals surface area contributed by atoms with Gasteiger partial charge < -0.3 is 0 Å². The zero-order chi connectivity index (χ0) is 15.1. The molecular weight excluding hydrogens is 310 g/mol. The van der Waals surface area contributed by atoms with Crippen LogP contribution in [0.2, 0.25) is 5.02 Å². The van der Waals surface area contributed by atoms with Crippen LogP contribution < -0.4 is 0 Å². The highest BCUT2D eigenvalue weighted by Gasteiger charge is 2.15. The molecule has 5 heteroatoms. The lowest BCUT2D eigenvalue weighted by molar-refractivity contribution is 0.630. The molecule has 108 valence electrons. The summed E-state index contributed by atoms with van der Waals surface area (Å²) >= 11 is 11.9. The SMILES string of the molecule is Cc1cc(C)cc(-n2c(CCl)nc3cc(F)c(Cl)cc32)c1. The fraction of sp³-hybridized carbons (Fsp3) is 0.188. The fourth-order valence-electron chi connectivity index (χ4n) is 2.58. The topological polar surface area (TPSA) is 17.8 Å². The lowest BCUT2D eigenvalue weighted by atomic mass is 10.1. The second-order valence-corrected chi connectivity index (χ2v) is 5.77. The van der Waals surface area contributed by atoms with Gasteiger partial charge in [-0.3, -0.25) is 4.57 Å². The van der Waals surface area contributed by atoms with Crippen molar-refractivity contribution in [2.45, 2.75) is 19.7 Å². The number of imidazole rings is 1. The van der Waals surface area contributed by atoms with Gasteiger partial charge in [0.1, 0.15) is 11.6 Å². The van der Waals surface area contributed by atoms with Crippen LogP contribution in [-0.4, -0.2) is 9.55 Å². The molecule has 0 amide bonds. The van der Waals surface area contributed by atoms with Crippen LogP contribution in [0.5, 0.6) is 0 Å². The highest BCUT2D eigenvalue weighted by Crippen LogP contribution is 2.28. The third kappa shape index (κ3) is 2.52. The highest BCUT2D eigenvalue weighted by molar-refractivity contribution is 6.31. The van der Waals surface area contributed by atoms with Gasteiger partial charge in [-0.05, 0) is 43.2 Å². The molecule has 0 bridgehead atoms. The molecule has 0 atom stereocenters. The zero-order valence-corrected chi connectivity index (χ0v) is 13.1. The van der Waals surface area contributed by atoms with Crippen LogP contribution in [0.25, 0.3) is 16.7 Å². The summed E-state index contributed by atoms with van der Waals surface area (Å²) in [5.74, 6) is 0.426. The molecule has 2 nitrogen and oxygen atoms in total. The molecule has 0 aliphatic rings. The minimum atomic E-state index is -0.477. The Morgan fingerprint density at radius 1 is 1.10 bits per heavy atom. The average Bonchev–Trinajstić information content (AvgIpc) is 2.75. The monoisotopic (exact) mass is 322 g/mol. The van der Waals surface area contributed by atoms with E-state index in [2.05, 4.69) is 11.1 Å². The molecule has 0 spiro atoms. The fourth-order valence-corrected chi connectivity index (χ4v) is 2.92. The minimum absolute atomic E-state index is 0.0779. The van der Waals surface area contributed by atoms with E-state index in [4.69, 9.17) is 23.2 Å². The minimum Gasteiger partial charge on any atom is -0.295 e. The van der Waals surface area contributed by atoms with E-state index in [1.165, 1.54) is 6.07 Å². The van der Waals surface area contributed by atoms with Crippen LogP contribution in [0.15, 0.2) is 30.3 Å². The van der Waals surface area contributed by atoms with E-state index in [-0.39, 0.29) is 10.9 Å². The summed E-state index contributed by atoms with van der Waals surface area (Å²) in [4.78, 5) is 4.40. The van der Waals surface area contributed by atoms with E-state index in [9.17, 15) is 4.39 Å². The van der Waals surface area contributed by atoms with Gasteiger partial charge in [0.25, 0.3) is 0 Å². The van der Waals surface area contributed by atoms with Gasteiger partial charge in [0, 0.05) is 11.8 Å². The molecule has 3 aromatic rings. The number of rotatable bonds is 2. The van der Waals surface area contributed by atoms with Crippen LogP contribution in [-0.2, 0) is 5.88 Å². The Hall–Kier alpha value is -1.58. The van der Waals surface area contributed by atoms with Crippen LogP contribution in [0.4, 0.5) is 4.39 Å². The maximum absolute atomic E-state index is 13.6. The molecule has 0 saturated carbocycles. The lowest BCUT2D eigenvalue weighted by Gasteiger charge is -2.10. The number of alkyl halides is 1. The van der Waals surface area contributed by atoms with E-state index >= 15 is 0 Å². The summed E-state index contributed by atoms with van der Waals surface area (Å²) in [5, 5.41) is 0.0779. The Morgan fingerprint density at radius 2 is 1.76 bits per heavy atom. The predicted octanol–water partition coefficient (Wildman–Crippen LogP) is 5.17. The molecule has 2 aromatic carbocycles. The van der Waals surface area contributed by atoms with Gasteiger partial charge in [0.15, 0.2) is 0 Å². The summed E-state index contributed by atoms with van der Waals surface area (Å²) in [5.41, 5.74) is 4.53. The number of aromatic nitrogens is 2. The first-order valence-corrected chi connectivity index (χ1v) is 7.42. The molecule has 0 unspecified atom stereocenters. The van der Waals surface area contributed by atoms with E-state index in [1.54, 1.807) is 6.07 Å². The summed E-state index contributed by atoms with van der Waals surface area (Å²) < 4.78 is 15.5. The van der Waals surface area contributed by atoms with Crippen LogP contribution in [0.3, 0.4) is 0 Å². The Balaban J connectivity index is 2.36. The molecule has 1 heterocycles. The normalized spacial score (nSPS) is 11.3. The molecular formula is C16H13Cl2FN2. The number of fused-ring (bicyclic) bond motifs is 1. The standard InChI is InChI=1S/C16H13Cl2FN2/c1-9-3-10(2)5-11(4-9)21-15-6-12(18)13(19)7-14(15)20-16(21)8-17/h3-7H,8H2,1-2H3. The average molecular weight is 323 g/mol. The Kier molecular flexibility index (Phi) is 3.64. The molecule has 0 aliphatic carbocycles. The number of aryl methyl sites for hydroxylation is 2. The number of hydrogen-bond acceptors (Lipinski definition) is 1. The summed E-state index contributed by atoms with van der Waals surface area (Å²) in [6, 6.07) is 9.11. The molecule has 1 aromatic heterocycles. The third-order valence-electron chi connectivity index (χ3n) is 3.35. The summed E-state index contributed by atoms with van der Waals surface area (Å²) in [6.45, 7) is 4.06. The molecule has 0 N–H and O–H groups in total. The van der Waals surface area contributed by atoms with Gasteiger partial charge in [-0.1, -0.05) is 17.7 Å². The van der Waals surface area contributed by atoms with E-state index in [1.807, 2.05) is 30.5 Å². The van der Waals surface area contributed by atoms with Crippen molar-refractivity contribution in [2.75, 3.05) is 0 Å². The third-order valence-corrected chi connectivity index (χ3v) is 3.88. The van der Waals surface area contributed by atoms with Crippen molar-refractivity contribution in [2.24, 2.45) is 0 Å². The molecule has 0 fully saturated rings. The first-order chi connectivity index (χ1) is 9.99. The zero-order valence-electron chi connectivity index (χ0n) is 11.6. The Labute approximate surface area is 132 Å². The van der Waals surface area contributed by atoms with Gasteiger partial charge in [-0.25, -0.2) is 9.37 Å². The summed E-state index contributed by atoms with van der Waals surface area (Å²) in [7, 11) is 0. The molecule has 21 heavy (non-hydrogen) atoms. The maximum Gasteiger partial charge on any atom is 0.144 e. The largest absolute Gasteiger partial charge is 0.295 e. The van der Waals surface area contributed by atoms with Crippen molar-refractivity contribution in [1.82, 2.24) is 9.55 Å². The Morgan fingerprint density at radius 3 is 2.38 bits per heavy atom. The van der Waals surface area contributed by atoms with Crippen molar-refractivity contribution < 1.29 is 4.39 Å². The summed E-state index contributed by atoms with van der Waals surface area (Å²) in [6.07, 6.45) is 0. The smallest absolute Gasteiger partial charge is 0.144 e. The lowest BCUT2D eigenvalue weighted by Crippen LogP contribution is -2.00. The van der Waals surface area contributed by atoms with Gasteiger partial charge in [-0.15, -0.1) is 11.6 Å². The Bertz CT molecular complexity index is 820. The predicted molar refractivity (Wildman–Crippen MR) is 85.1 cm³/mol. The van der Waals surface area contributed by atoms with E-state index in [0.717, 1.165) is 22.3 Å². The van der Waals surface area contributed by atoms with E-state index < -0.39 is 5.82 Å². The van der Waals surface area contributed by atoms with Crippen molar-refractivity contribution in [3.05, 3.63) is 58.1 Å². The number of halogens is 3. The van der Waals surface area contributed by atoms with Crippen molar-refractivity contribution in [3.8, 4) is 5.69 Å². The maximum atomic E-state index is 13.6. The second kappa shape index (κ2) is 5.32. The second-order valence-electron chi connectivity index (χ2n) is 5.10. The van der Waals surface area contributed by atoms with Crippen molar-refractivity contribution >= 4 is 34.2 Å². The number of nitrogens with zero attached hydrogens (tertiary/aromatic N) is 2. The number of hydrogen-bond donors (Lipinski definition) is 0. The van der Waals surface area contributed by atoms with Crippen LogP contribution in [0.1, 0.15) is 17.0 Å². The van der Waals surface area contributed by atoms with Gasteiger partial charge in [0.2, 0.25) is 0 Å². The van der Waals surface area contributed by atoms with Gasteiger partial charge in [0.05, 0.1) is 21.9 Å². The molecule has 0 saturated heterocycles. The first kappa shape index (κ1) is 14.4. The highest BCUT2D eigenvalue weighted by atomic mass is 35.5. The van der Waals surface area contributed by atoms with Gasteiger partial charge >= 0.3 is 0 Å². The van der Waals surface area contributed by atoms with Crippen LogP contribution in [0, 0.1) is 19.7 Å². The molecule has 0 radical (unpaired) electrons. The first-order valence-electron chi connectivity index (χ1n) is 6.50. The van der Waals surface area contributed by atoms with Crippen molar-refractivity contribution in [3.63, 3.8) is 0 Å². The van der Waals surface area contributed by atoms with E-state index in [0.29, 0.717) is 11.3 Å².